The van der Waals surface area contributed by atoms with E-state index in [9.17, 15) is 14.0 Å². The maximum Gasteiger partial charge on any atom is 0.152 e. The maximum absolute atomic E-state index is 14.4. The number of rotatable bonds is 3. The molecule has 112 valence electrons. The number of terminal acetylenes is 1. The second-order valence-corrected chi connectivity index (χ2v) is 5.06. The molecule has 1 aliphatic rings. The summed E-state index contributed by atoms with van der Waals surface area (Å²) in [5.41, 5.74) is 0.414. The van der Waals surface area contributed by atoms with Gasteiger partial charge < -0.3 is 4.74 Å². The van der Waals surface area contributed by atoms with E-state index in [1.807, 2.05) is 0 Å². The number of carbonyl (C=O) groups is 2. The Labute approximate surface area is 128 Å². The lowest BCUT2D eigenvalue weighted by Gasteiger charge is -2.15. The van der Waals surface area contributed by atoms with Crippen LogP contribution in [0.25, 0.3) is 0 Å². The van der Waals surface area contributed by atoms with Crippen molar-refractivity contribution >= 4 is 11.6 Å². The predicted molar refractivity (Wildman–Crippen MR) is 79.8 cm³/mol. The third-order valence-electron chi connectivity index (χ3n) is 3.69. The Kier molecular flexibility index (Phi) is 4.63. The molecular formula is C18H15FO3. The normalized spacial score (nSPS) is 20.3. The Bertz CT molecular complexity index is 731. The van der Waals surface area contributed by atoms with E-state index in [0.29, 0.717) is 5.56 Å². The number of methoxy groups -OCH3 is 1. The Hall–Kier alpha value is -2.59. The highest BCUT2D eigenvalue weighted by Crippen LogP contribution is 2.39. The van der Waals surface area contributed by atoms with Crippen LogP contribution in [0.1, 0.15) is 36.8 Å². The van der Waals surface area contributed by atoms with Gasteiger partial charge in [0.05, 0.1) is 7.11 Å². The number of carbonyl (C=O) groups excluding carboxylic acids is 2. The summed E-state index contributed by atoms with van der Waals surface area (Å²) in [6.07, 6.45) is 5.45. The molecule has 1 aliphatic carbocycles. The number of ether oxygens (including phenoxy) is 1. The van der Waals surface area contributed by atoms with Crippen molar-refractivity contribution in [3.63, 3.8) is 0 Å². The molecule has 1 fully saturated rings. The molecule has 0 N–H and O–H groups in total. The lowest BCUT2D eigenvalue weighted by atomic mass is 9.91. The first-order valence-corrected chi connectivity index (χ1v) is 6.83. The zero-order valence-corrected chi connectivity index (χ0v) is 12.4. The van der Waals surface area contributed by atoms with Crippen LogP contribution in [0.2, 0.25) is 0 Å². The molecule has 0 saturated heterocycles. The minimum absolute atomic E-state index is 0.0151. The Balaban J connectivity index is 2.52. The molecule has 0 spiro atoms. The van der Waals surface area contributed by atoms with Crippen LogP contribution in [-0.2, 0) is 9.59 Å². The molecule has 0 bridgehead atoms. The monoisotopic (exact) mass is 298 g/mol. The van der Waals surface area contributed by atoms with E-state index in [2.05, 4.69) is 17.8 Å². The van der Waals surface area contributed by atoms with Gasteiger partial charge in [0.15, 0.2) is 5.78 Å². The van der Waals surface area contributed by atoms with Gasteiger partial charge in [-0.3, -0.25) is 9.59 Å². The Morgan fingerprint density at radius 1 is 1.41 bits per heavy atom. The summed E-state index contributed by atoms with van der Waals surface area (Å²) in [7, 11) is 1.37. The molecule has 22 heavy (non-hydrogen) atoms. The highest BCUT2D eigenvalue weighted by atomic mass is 19.1. The van der Waals surface area contributed by atoms with Gasteiger partial charge >= 0.3 is 0 Å². The van der Waals surface area contributed by atoms with E-state index in [-0.39, 0.29) is 35.7 Å². The van der Waals surface area contributed by atoms with Gasteiger partial charge in [-0.1, -0.05) is 5.92 Å². The lowest BCUT2D eigenvalue weighted by Crippen LogP contribution is -2.17. The molecule has 1 saturated carbocycles. The summed E-state index contributed by atoms with van der Waals surface area (Å²) in [6, 6.07) is 2.74. The number of Topliss-reactive ketones (excluding diaryl/α,β-unsaturated/α-hetero) is 2. The summed E-state index contributed by atoms with van der Waals surface area (Å²) >= 11 is 0. The van der Waals surface area contributed by atoms with Crippen LogP contribution >= 0.6 is 0 Å². The summed E-state index contributed by atoms with van der Waals surface area (Å²) in [5, 5.41) is 0. The van der Waals surface area contributed by atoms with Crippen LogP contribution in [0.15, 0.2) is 12.1 Å². The SMILES string of the molecule is C#CCC1CC(=O)C(c2c(F)cc(C#CC)cc2OC)C1=O. The van der Waals surface area contributed by atoms with Crippen LogP contribution in [0.3, 0.4) is 0 Å². The van der Waals surface area contributed by atoms with Crippen LogP contribution in [0.4, 0.5) is 4.39 Å². The number of halogens is 1. The van der Waals surface area contributed by atoms with Crippen molar-refractivity contribution in [3.05, 3.63) is 29.1 Å². The molecule has 4 heteroatoms. The molecule has 2 unspecified atom stereocenters. The second kappa shape index (κ2) is 6.45. The van der Waals surface area contributed by atoms with Crippen molar-refractivity contribution in [1.82, 2.24) is 0 Å². The summed E-state index contributed by atoms with van der Waals surface area (Å²) in [6.45, 7) is 1.63. The third kappa shape index (κ3) is 2.73. The van der Waals surface area contributed by atoms with Crippen molar-refractivity contribution in [1.29, 1.82) is 0 Å². The quantitative estimate of drug-likeness (QED) is 0.636. The fourth-order valence-corrected chi connectivity index (χ4v) is 2.73. The van der Waals surface area contributed by atoms with Gasteiger partial charge in [-0.05, 0) is 19.1 Å². The van der Waals surface area contributed by atoms with Gasteiger partial charge in [-0.15, -0.1) is 18.3 Å². The van der Waals surface area contributed by atoms with E-state index in [1.54, 1.807) is 6.92 Å². The van der Waals surface area contributed by atoms with Gasteiger partial charge in [0.2, 0.25) is 0 Å². The van der Waals surface area contributed by atoms with Crippen LogP contribution in [0.5, 0.6) is 5.75 Å². The van der Waals surface area contributed by atoms with Gasteiger partial charge in [0.1, 0.15) is 23.3 Å². The zero-order chi connectivity index (χ0) is 16.3. The van der Waals surface area contributed by atoms with Crippen molar-refractivity contribution in [2.45, 2.75) is 25.7 Å². The summed E-state index contributed by atoms with van der Waals surface area (Å²) < 4.78 is 19.6. The minimum Gasteiger partial charge on any atom is -0.496 e. The fraction of sp³-hybridized carbons (Fsp3) is 0.333. The largest absolute Gasteiger partial charge is 0.496 e. The molecule has 0 heterocycles. The summed E-state index contributed by atoms with van der Waals surface area (Å²) in [4.78, 5) is 24.5. The molecular weight excluding hydrogens is 283 g/mol. The third-order valence-corrected chi connectivity index (χ3v) is 3.69. The van der Waals surface area contributed by atoms with Crippen molar-refractivity contribution in [3.8, 4) is 29.9 Å². The maximum atomic E-state index is 14.4. The number of hydrogen-bond acceptors (Lipinski definition) is 3. The first-order valence-electron chi connectivity index (χ1n) is 6.83. The van der Waals surface area contributed by atoms with Crippen molar-refractivity contribution < 1.29 is 18.7 Å². The number of hydrogen-bond donors (Lipinski definition) is 0. The molecule has 1 aromatic rings. The molecule has 2 rings (SSSR count). The first-order chi connectivity index (χ1) is 10.5. The van der Waals surface area contributed by atoms with Gasteiger partial charge in [-0.25, -0.2) is 4.39 Å². The van der Waals surface area contributed by atoms with Crippen molar-refractivity contribution in [2.75, 3.05) is 7.11 Å². The van der Waals surface area contributed by atoms with E-state index >= 15 is 0 Å². The Morgan fingerprint density at radius 2 is 2.14 bits per heavy atom. The Morgan fingerprint density at radius 3 is 2.73 bits per heavy atom. The smallest absolute Gasteiger partial charge is 0.152 e. The fourth-order valence-electron chi connectivity index (χ4n) is 2.73. The highest BCUT2D eigenvalue weighted by molar-refractivity contribution is 6.15. The molecule has 2 atom stereocenters. The molecule has 3 nitrogen and oxygen atoms in total. The van der Waals surface area contributed by atoms with E-state index < -0.39 is 17.7 Å². The molecule has 0 aromatic heterocycles. The van der Waals surface area contributed by atoms with E-state index in [1.165, 1.54) is 19.2 Å². The van der Waals surface area contributed by atoms with Gasteiger partial charge in [0, 0.05) is 29.9 Å². The molecule has 0 radical (unpaired) electrons. The topological polar surface area (TPSA) is 43.4 Å². The number of benzene rings is 1. The van der Waals surface area contributed by atoms with E-state index in [0.717, 1.165) is 0 Å². The molecule has 0 amide bonds. The number of ketones is 2. The predicted octanol–water partition coefficient (Wildman–Crippen LogP) is 2.47. The zero-order valence-electron chi connectivity index (χ0n) is 12.4. The average molecular weight is 298 g/mol. The first kappa shape index (κ1) is 15.8. The van der Waals surface area contributed by atoms with E-state index in [4.69, 9.17) is 11.2 Å². The molecule has 0 aliphatic heterocycles. The van der Waals surface area contributed by atoms with Crippen LogP contribution < -0.4 is 4.74 Å². The van der Waals surface area contributed by atoms with Crippen LogP contribution in [-0.4, -0.2) is 18.7 Å². The standard InChI is InChI=1S/C18H15FO3/c1-4-6-11-8-13(19)16(15(9-11)22-3)17-14(20)10-12(7-5-2)18(17)21/h2,8-9,12,17H,7,10H2,1,3H3. The second-order valence-electron chi connectivity index (χ2n) is 5.06. The lowest BCUT2D eigenvalue weighted by molar-refractivity contribution is -0.124. The van der Waals surface area contributed by atoms with Crippen molar-refractivity contribution in [2.24, 2.45) is 5.92 Å². The van der Waals surface area contributed by atoms with Gasteiger partial charge in [0.25, 0.3) is 0 Å². The molecule has 1 aromatic carbocycles. The highest BCUT2D eigenvalue weighted by Gasteiger charge is 2.44. The van der Waals surface area contributed by atoms with Gasteiger partial charge in [-0.2, -0.15) is 0 Å². The van der Waals surface area contributed by atoms with Crippen LogP contribution in [0, 0.1) is 35.9 Å². The minimum atomic E-state index is -1.14. The summed E-state index contributed by atoms with van der Waals surface area (Å²) in [5.74, 6) is 4.93. The average Bonchev–Trinajstić information content (AvgIpc) is 2.74.